The van der Waals surface area contributed by atoms with Gasteiger partial charge in [-0.2, -0.15) is 5.10 Å². The lowest BCUT2D eigenvalue weighted by Crippen LogP contribution is -2.38. The van der Waals surface area contributed by atoms with Gasteiger partial charge in [-0.1, -0.05) is 41.5 Å². The number of benzene rings is 2. The molecule has 1 aliphatic rings. The van der Waals surface area contributed by atoms with Crippen molar-refractivity contribution in [1.82, 2.24) is 14.7 Å². The maximum absolute atomic E-state index is 5.82. The zero-order valence-corrected chi connectivity index (χ0v) is 17.5. The predicted octanol–water partition coefficient (Wildman–Crippen LogP) is 4.00. The quantitative estimate of drug-likeness (QED) is 0.637. The van der Waals surface area contributed by atoms with Gasteiger partial charge in [0.15, 0.2) is 0 Å². The summed E-state index contributed by atoms with van der Waals surface area (Å²) in [6, 6.07) is 17.0. The number of ether oxygens (including phenoxy) is 2. The maximum atomic E-state index is 5.82. The fraction of sp³-hybridized carbons (Fsp3) is 0.375. The monoisotopic (exact) mass is 391 g/mol. The third-order valence-corrected chi connectivity index (χ3v) is 5.22. The van der Waals surface area contributed by atoms with Crippen LogP contribution in [0.5, 0.6) is 0 Å². The van der Waals surface area contributed by atoms with Crippen molar-refractivity contribution in [2.75, 3.05) is 33.4 Å². The maximum Gasteiger partial charge on any atom is 0.0972 e. The molecule has 4 rings (SSSR count). The van der Waals surface area contributed by atoms with Gasteiger partial charge in [0.1, 0.15) is 0 Å². The summed E-state index contributed by atoms with van der Waals surface area (Å²) < 4.78 is 13.3. The highest BCUT2D eigenvalue weighted by Crippen LogP contribution is 2.26. The van der Waals surface area contributed by atoms with E-state index in [0.29, 0.717) is 19.8 Å². The highest BCUT2D eigenvalue weighted by Gasteiger charge is 2.19. The van der Waals surface area contributed by atoms with Crippen LogP contribution in [0, 0.1) is 13.8 Å². The van der Waals surface area contributed by atoms with Crippen molar-refractivity contribution < 1.29 is 9.47 Å². The number of aromatic nitrogens is 2. The van der Waals surface area contributed by atoms with Crippen molar-refractivity contribution in [2.45, 2.75) is 26.5 Å². The standard InChI is InChI=1S/C24H29N3O2/c1-18-7-9-22(10-8-18)27-15-21(14-26(3)16-23-17-28-11-12-29-23)24(25-27)20-6-4-5-19(2)13-20/h4-10,13,15,23H,11-12,14,16-17H2,1-3H3/t23-/m0/s1. The molecule has 1 saturated heterocycles. The minimum atomic E-state index is 0.128. The smallest absolute Gasteiger partial charge is 0.0972 e. The van der Waals surface area contributed by atoms with Crippen molar-refractivity contribution in [3.8, 4) is 16.9 Å². The number of nitrogens with zero attached hydrogens (tertiary/aromatic N) is 3. The number of rotatable bonds is 6. The average Bonchev–Trinajstić information content (AvgIpc) is 3.13. The van der Waals surface area contributed by atoms with Crippen molar-refractivity contribution >= 4 is 0 Å². The first kappa shape index (κ1) is 19.8. The van der Waals surface area contributed by atoms with Gasteiger partial charge in [-0.05, 0) is 39.1 Å². The molecule has 0 radical (unpaired) electrons. The van der Waals surface area contributed by atoms with E-state index < -0.39 is 0 Å². The summed E-state index contributed by atoms with van der Waals surface area (Å²) in [5, 5.41) is 4.96. The van der Waals surface area contributed by atoms with Crippen LogP contribution >= 0.6 is 0 Å². The molecule has 1 fully saturated rings. The van der Waals surface area contributed by atoms with E-state index >= 15 is 0 Å². The minimum absolute atomic E-state index is 0.128. The molecule has 1 atom stereocenters. The fourth-order valence-electron chi connectivity index (χ4n) is 3.74. The lowest BCUT2D eigenvalue weighted by molar-refractivity contribution is -0.0962. The third kappa shape index (κ3) is 4.93. The first-order chi connectivity index (χ1) is 14.1. The molecule has 152 valence electrons. The highest BCUT2D eigenvalue weighted by atomic mass is 16.6. The van der Waals surface area contributed by atoms with E-state index in [1.165, 1.54) is 16.7 Å². The minimum Gasteiger partial charge on any atom is -0.376 e. The molecular weight excluding hydrogens is 362 g/mol. The zero-order valence-electron chi connectivity index (χ0n) is 17.5. The van der Waals surface area contributed by atoms with E-state index in [4.69, 9.17) is 14.6 Å². The van der Waals surface area contributed by atoms with Crippen LogP contribution in [-0.2, 0) is 16.0 Å². The molecule has 3 aromatic rings. The summed E-state index contributed by atoms with van der Waals surface area (Å²) in [5.74, 6) is 0. The van der Waals surface area contributed by atoms with Gasteiger partial charge >= 0.3 is 0 Å². The van der Waals surface area contributed by atoms with E-state index in [2.05, 4.69) is 80.5 Å². The fourth-order valence-corrected chi connectivity index (χ4v) is 3.74. The van der Waals surface area contributed by atoms with Crippen molar-refractivity contribution in [3.05, 3.63) is 71.4 Å². The van der Waals surface area contributed by atoms with Gasteiger partial charge in [-0.15, -0.1) is 0 Å². The molecule has 0 saturated carbocycles. The SMILES string of the molecule is Cc1ccc(-n2cc(CN(C)C[C@H]3COCCO3)c(-c3cccc(C)c3)n2)cc1. The first-order valence-corrected chi connectivity index (χ1v) is 10.2. The van der Waals surface area contributed by atoms with E-state index in [9.17, 15) is 0 Å². The molecule has 2 heterocycles. The number of hydrogen-bond acceptors (Lipinski definition) is 4. The van der Waals surface area contributed by atoms with E-state index in [0.717, 1.165) is 30.0 Å². The van der Waals surface area contributed by atoms with Crippen LogP contribution in [-0.4, -0.2) is 54.2 Å². The van der Waals surface area contributed by atoms with Crippen LogP contribution in [0.2, 0.25) is 0 Å². The Balaban J connectivity index is 1.62. The third-order valence-electron chi connectivity index (χ3n) is 5.22. The lowest BCUT2D eigenvalue weighted by Gasteiger charge is -2.27. The summed E-state index contributed by atoms with van der Waals surface area (Å²) in [4.78, 5) is 2.29. The summed E-state index contributed by atoms with van der Waals surface area (Å²) in [5.41, 5.74) is 6.94. The van der Waals surface area contributed by atoms with Crippen LogP contribution in [0.25, 0.3) is 16.9 Å². The second-order valence-corrected chi connectivity index (χ2v) is 7.92. The molecule has 0 N–H and O–H groups in total. The van der Waals surface area contributed by atoms with Crippen molar-refractivity contribution in [2.24, 2.45) is 0 Å². The highest BCUT2D eigenvalue weighted by molar-refractivity contribution is 5.64. The van der Waals surface area contributed by atoms with Gasteiger partial charge in [-0.25, -0.2) is 4.68 Å². The Morgan fingerprint density at radius 2 is 1.90 bits per heavy atom. The topological polar surface area (TPSA) is 39.5 Å². The second kappa shape index (κ2) is 8.91. The molecule has 0 amide bonds. The van der Waals surface area contributed by atoms with Gasteiger partial charge in [0.2, 0.25) is 0 Å². The summed E-state index contributed by atoms with van der Waals surface area (Å²) in [7, 11) is 2.13. The molecule has 29 heavy (non-hydrogen) atoms. The Kier molecular flexibility index (Phi) is 6.09. The summed E-state index contributed by atoms with van der Waals surface area (Å²) >= 11 is 0. The first-order valence-electron chi connectivity index (χ1n) is 10.2. The number of aryl methyl sites for hydroxylation is 2. The molecule has 1 aliphatic heterocycles. The average molecular weight is 392 g/mol. The van der Waals surface area contributed by atoms with Crippen LogP contribution in [0.3, 0.4) is 0 Å². The summed E-state index contributed by atoms with van der Waals surface area (Å²) in [6.07, 6.45) is 2.28. The Morgan fingerprint density at radius 1 is 1.07 bits per heavy atom. The molecular formula is C24H29N3O2. The van der Waals surface area contributed by atoms with Gasteiger partial charge in [-0.3, -0.25) is 4.90 Å². The molecule has 5 nitrogen and oxygen atoms in total. The van der Waals surface area contributed by atoms with Gasteiger partial charge in [0.05, 0.1) is 37.3 Å². The normalized spacial score (nSPS) is 17.0. The molecule has 0 spiro atoms. The van der Waals surface area contributed by atoms with Crippen molar-refractivity contribution in [1.29, 1.82) is 0 Å². The summed E-state index contributed by atoms with van der Waals surface area (Å²) in [6.45, 7) is 7.89. The van der Waals surface area contributed by atoms with E-state index in [1.54, 1.807) is 0 Å². The van der Waals surface area contributed by atoms with Crippen LogP contribution in [0.4, 0.5) is 0 Å². The van der Waals surface area contributed by atoms with Gasteiger partial charge in [0.25, 0.3) is 0 Å². The lowest BCUT2D eigenvalue weighted by atomic mass is 10.1. The Hall–Kier alpha value is -2.47. The molecule has 5 heteroatoms. The number of hydrogen-bond donors (Lipinski definition) is 0. The Bertz CT molecular complexity index is 943. The van der Waals surface area contributed by atoms with E-state index in [-0.39, 0.29) is 6.10 Å². The van der Waals surface area contributed by atoms with Crippen LogP contribution < -0.4 is 0 Å². The molecule has 1 aromatic heterocycles. The Morgan fingerprint density at radius 3 is 2.62 bits per heavy atom. The zero-order chi connectivity index (χ0) is 20.2. The molecule has 0 unspecified atom stereocenters. The second-order valence-electron chi connectivity index (χ2n) is 7.92. The number of likely N-dealkylation sites (N-methyl/N-ethyl adjacent to an activating group) is 1. The van der Waals surface area contributed by atoms with Gasteiger partial charge in [0, 0.05) is 30.4 Å². The van der Waals surface area contributed by atoms with Crippen LogP contribution in [0.1, 0.15) is 16.7 Å². The van der Waals surface area contributed by atoms with Crippen LogP contribution in [0.15, 0.2) is 54.7 Å². The van der Waals surface area contributed by atoms with Crippen molar-refractivity contribution in [3.63, 3.8) is 0 Å². The molecule has 0 aliphatic carbocycles. The molecule has 2 aromatic carbocycles. The molecule has 0 bridgehead atoms. The Labute approximate surface area is 172 Å². The van der Waals surface area contributed by atoms with Gasteiger partial charge < -0.3 is 9.47 Å². The predicted molar refractivity (Wildman–Crippen MR) is 115 cm³/mol. The largest absolute Gasteiger partial charge is 0.376 e. The van der Waals surface area contributed by atoms with E-state index in [1.807, 2.05) is 4.68 Å².